The van der Waals surface area contributed by atoms with Gasteiger partial charge in [0.15, 0.2) is 17.4 Å². The van der Waals surface area contributed by atoms with Gasteiger partial charge in [0, 0.05) is 17.1 Å². The molecule has 2 N–H and O–H groups in total. The molecule has 5 rings (SSSR count). The molecule has 0 saturated carbocycles. The van der Waals surface area contributed by atoms with Crippen molar-refractivity contribution in [1.82, 2.24) is 20.6 Å². The van der Waals surface area contributed by atoms with Crippen LogP contribution in [0.2, 0.25) is 0 Å². The van der Waals surface area contributed by atoms with Gasteiger partial charge in [-0.15, -0.1) is 5.10 Å². The molecule has 4 aromatic rings. The molecule has 0 unspecified atom stereocenters. The average molecular weight is 413 g/mol. The predicted molar refractivity (Wildman–Crippen MR) is 98.9 cm³/mol. The third kappa shape index (κ3) is 3.24. The lowest BCUT2D eigenvalue weighted by atomic mass is 10.1. The summed E-state index contributed by atoms with van der Waals surface area (Å²) in [5.74, 6) is -1.63. The minimum atomic E-state index is -0.635. The lowest BCUT2D eigenvalue weighted by molar-refractivity contribution is -0.0808. The Balaban J connectivity index is 1.38. The van der Waals surface area contributed by atoms with Crippen LogP contribution in [-0.2, 0) is 4.74 Å². The van der Waals surface area contributed by atoms with Gasteiger partial charge in [-0.25, -0.2) is 13.9 Å². The van der Waals surface area contributed by atoms with Crippen LogP contribution in [0.15, 0.2) is 41.0 Å². The molecular formula is C19H13F2N5O4. The first kappa shape index (κ1) is 18.2. The summed E-state index contributed by atoms with van der Waals surface area (Å²) >= 11 is 0. The zero-order valence-corrected chi connectivity index (χ0v) is 15.2. The number of carbonyl (C=O) groups excluding carboxylic acids is 1. The van der Waals surface area contributed by atoms with Gasteiger partial charge in [0.1, 0.15) is 23.8 Å². The molecule has 2 aromatic carbocycles. The Morgan fingerprint density at radius 1 is 1.20 bits per heavy atom. The molecule has 152 valence electrons. The predicted octanol–water partition coefficient (Wildman–Crippen LogP) is 2.92. The van der Waals surface area contributed by atoms with Crippen molar-refractivity contribution in [3.05, 3.63) is 53.8 Å². The van der Waals surface area contributed by atoms with Crippen LogP contribution >= 0.6 is 0 Å². The fraction of sp³-hybridized carbons (Fsp3) is 0.158. The normalized spacial score (nSPS) is 13.9. The fourth-order valence-corrected chi connectivity index (χ4v) is 3.01. The van der Waals surface area contributed by atoms with E-state index in [1.165, 1.54) is 24.5 Å². The molecule has 0 aliphatic carbocycles. The maximum atomic E-state index is 14.5. The second kappa shape index (κ2) is 7.19. The third-order valence-electron chi connectivity index (χ3n) is 4.60. The molecule has 1 fully saturated rings. The first-order valence-corrected chi connectivity index (χ1v) is 8.88. The molecule has 1 amide bonds. The van der Waals surface area contributed by atoms with Crippen molar-refractivity contribution >= 4 is 22.6 Å². The third-order valence-corrected chi connectivity index (χ3v) is 4.60. The molecule has 2 aromatic heterocycles. The van der Waals surface area contributed by atoms with Crippen LogP contribution < -0.4 is 10.1 Å². The number of amides is 1. The van der Waals surface area contributed by atoms with Crippen LogP contribution in [0, 0.1) is 11.6 Å². The van der Waals surface area contributed by atoms with E-state index >= 15 is 0 Å². The number of H-pyrrole nitrogens is 1. The van der Waals surface area contributed by atoms with Crippen molar-refractivity contribution in [2.24, 2.45) is 0 Å². The first-order chi connectivity index (χ1) is 14.6. The summed E-state index contributed by atoms with van der Waals surface area (Å²) in [6.45, 7) is 0.827. The molecule has 1 aliphatic rings. The highest BCUT2D eigenvalue weighted by molar-refractivity contribution is 6.12. The molecule has 3 heterocycles. The van der Waals surface area contributed by atoms with E-state index in [0.29, 0.717) is 13.2 Å². The van der Waals surface area contributed by atoms with Crippen LogP contribution in [0.1, 0.15) is 10.4 Å². The van der Waals surface area contributed by atoms with Crippen molar-refractivity contribution in [3.63, 3.8) is 0 Å². The van der Waals surface area contributed by atoms with E-state index in [0.717, 1.165) is 12.1 Å². The number of benzene rings is 2. The van der Waals surface area contributed by atoms with Gasteiger partial charge in [-0.3, -0.25) is 4.79 Å². The Hall–Kier alpha value is -3.86. The second-order valence-corrected chi connectivity index (χ2v) is 6.60. The quantitative estimate of drug-likeness (QED) is 0.517. The van der Waals surface area contributed by atoms with E-state index < -0.39 is 17.5 Å². The van der Waals surface area contributed by atoms with Crippen molar-refractivity contribution in [1.29, 1.82) is 0 Å². The number of hydrogen-bond acceptors (Lipinski definition) is 7. The van der Waals surface area contributed by atoms with Crippen LogP contribution in [0.5, 0.6) is 5.75 Å². The molecule has 0 spiro atoms. The topological polar surface area (TPSA) is 115 Å². The SMILES string of the molecule is O=C(Nc1ccc(OC2COC2)c(F)c1)c1coc2cc(-c3nnn[nH]3)c(F)cc12. The highest BCUT2D eigenvalue weighted by atomic mass is 19.1. The van der Waals surface area contributed by atoms with E-state index in [1.807, 2.05) is 0 Å². The summed E-state index contributed by atoms with van der Waals surface area (Å²) in [5.41, 5.74) is 0.682. The molecule has 1 saturated heterocycles. The molecule has 1 aliphatic heterocycles. The van der Waals surface area contributed by atoms with Gasteiger partial charge < -0.3 is 19.2 Å². The van der Waals surface area contributed by atoms with Gasteiger partial charge in [0.2, 0.25) is 0 Å². The van der Waals surface area contributed by atoms with E-state index in [1.54, 1.807) is 0 Å². The van der Waals surface area contributed by atoms with E-state index in [4.69, 9.17) is 13.9 Å². The summed E-state index contributed by atoms with van der Waals surface area (Å²) in [4.78, 5) is 12.6. The van der Waals surface area contributed by atoms with Gasteiger partial charge in [-0.05, 0) is 34.7 Å². The maximum Gasteiger partial charge on any atom is 0.259 e. The van der Waals surface area contributed by atoms with E-state index in [9.17, 15) is 13.6 Å². The molecule has 0 radical (unpaired) electrons. The summed E-state index contributed by atoms with van der Waals surface area (Å²) in [7, 11) is 0. The van der Waals surface area contributed by atoms with Gasteiger partial charge >= 0.3 is 0 Å². The summed E-state index contributed by atoms with van der Waals surface area (Å²) < 4.78 is 44.6. The van der Waals surface area contributed by atoms with Crippen molar-refractivity contribution < 1.29 is 27.5 Å². The fourth-order valence-electron chi connectivity index (χ4n) is 3.01. The Bertz CT molecular complexity index is 1240. The Kier molecular flexibility index (Phi) is 4.36. The number of anilines is 1. The number of aromatic nitrogens is 4. The maximum absolute atomic E-state index is 14.5. The average Bonchev–Trinajstić information content (AvgIpc) is 3.35. The molecule has 0 atom stereocenters. The van der Waals surface area contributed by atoms with Gasteiger partial charge in [-0.2, -0.15) is 0 Å². The minimum Gasteiger partial charge on any atom is -0.483 e. The van der Waals surface area contributed by atoms with E-state index in [2.05, 4.69) is 25.9 Å². The smallest absolute Gasteiger partial charge is 0.259 e. The second-order valence-electron chi connectivity index (χ2n) is 6.60. The first-order valence-electron chi connectivity index (χ1n) is 8.88. The Morgan fingerprint density at radius 3 is 2.77 bits per heavy atom. The highest BCUT2D eigenvalue weighted by Crippen LogP contribution is 2.30. The van der Waals surface area contributed by atoms with Crippen LogP contribution in [0.3, 0.4) is 0 Å². The largest absolute Gasteiger partial charge is 0.483 e. The van der Waals surface area contributed by atoms with Gasteiger partial charge in [0.05, 0.1) is 24.3 Å². The molecule has 30 heavy (non-hydrogen) atoms. The number of carbonyl (C=O) groups is 1. The number of nitrogens with zero attached hydrogens (tertiary/aromatic N) is 3. The molecule has 0 bridgehead atoms. The zero-order chi connectivity index (χ0) is 20.7. The summed E-state index contributed by atoms with van der Waals surface area (Å²) in [5, 5.41) is 15.8. The number of hydrogen-bond donors (Lipinski definition) is 2. The van der Waals surface area contributed by atoms with Crippen LogP contribution in [0.4, 0.5) is 14.5 Å². The van der Waals surface area contributed by atoms with Crippen molar-refractivity contribution in [2.75, 3.05) is 18.5 Å². The van der Waals surface area contributed by atoms with Crippen LogP contribution in [-0.4, -0.2) is 45.8 Å². The number of tetrazole rings is 1. The van der Waals surface area contributed by atoms with Crippen molar-refractivity contribution in [2.45, 2.75) is 6.10 Å². The molecule has 11 heteroatoms. The zero-order valence-electron chi connectivity index (χ0n) is 15.2. The Morgan fingerprint density at radius 2 is 2.07 bits per heavy atom. The van der Waals surface area contributed by atoms with Gasteiger partial charge in [-0.1, -0.05) is 0 Å². The minimum absolute atomic E-state index is 0.0755. The number of furan rings is 1. The van der Waals surface area contributed by atoms with E-state index in [-0.39, 0.29) is 45.5 Å². The number of halogens is 2. The summed E-state index contributed by atoms with van der Waals surface area (Å²) in [6, 6.07) is 6.62. The number of aromatic amines is 1. The van der Waals surface area contributed by atoms with Crippen LogP contribution in [0.25, 0.3) is 22.4 Å². The number of nitrogens with one attached hydrogen (secondary N) is 2. The van der Waals surface area contributed by atoms with Crippen molar-refractivity contribution in [3.8, 4) is 17.1 Å². The lowest BCUT2D eigenvalue weighted by Gasteiger charge is -2.26. The number of ether oxygens (including phenoxy) is 2. The monoisotopic (exact) mass is 413 g/mol. The Labute approximate surface area is 167 Å². The van der Waals surface area contributed by atoms with Gasteiger partial charge in [0.25, 0.3) is 5.91 Å². The summed E-state index contributed by atoms with van der Waals surface area (Å²) in [6.07, 6.45) is 1.02. The number of fused-ring (bicyclic) bond motifs is 1. The number of rotatable bonds is 5. The lowest BCUT2D eigenvalue weighted by Crippen LogP contribution is -2.38. The molecular weight excluding hydrogens is 400 g/mol. The standard InChI is InChI=1S/C19H13F2N5O4/c20-14-4-11-13(8-29-17(11)5-12(14)18-23-25-26-24-18)19(27)22-9-1-2-16(15(21)3-9)30-10-6-28-7-10/h1-5,8,10H,6-7H2,(H,22,27)(H,23,24,25,26). The highest BCUT2D eigenvalue weighted by Gasteiger charge is 2.22. The molecule has 9 nitrogen and oxygen atoms in total.